The lowest BCUT2D eigenvalue weighted by Crippen LogP contribution is -2.14. The Labute approximate surface area is 193 Å². The number of rotatable bonds is 7. The maximum Gasteiger partial charge on any atom is 0.248 e. The monoisotopic (exact) mass is 469 g/mol. The number of benzene rings is 3. The van der Waals surface area contributed by atoms with Gasteiger partial charge in [0.15, 0.2) is 0 Å². The number of aromatic nitrogens is 2. The minimum atomic E-state index is -0.124. The summed E-state index contributed by atoms with van der Waals surface area (Å²) in [6, 6.07) is 22.2. The third kappa shape index (κ3) is 5.47. The number of halogens is 2. The number of anilines is 1. The average molecular weight is 470 g/mol. The Morgan fingerprint density at radius 3 is 2.26 bits per heavy atom. The smallest absolute Gasteiger partial charge is 0.248 e. The third-order valence-corrected chi connectivity index (χ3v) is 6.05. The van der Waals surface area contributed by atoms with Crippen LogP contribution in [-0.2, 0) is 10.5 Å². The van der Waals surface area contributed by atoms with Gasteiger partial charge in [0.1, 0.15) is 0 Å². The Morgan fingerprint density at radius 1 is 0.871 bits per heavy atom. The summed E-state index contributed by atoms with van der Waals surface area (Å²) < 4.78 is 5.79. The van der Waals surface area contributed by atoms with Gasteiger partial charge in [-0.1, -0.05) is 53.5 Å². The molecule has 0 saturated carbocycles. The summed E-state index contributed by atoms with van der Waals surface area (Å²) in [6.07, 6.45) is 0. The van der Waals surface area contributed by atoms with E-state index in [1.165, 1.54) is 11.8 Å². The fourth-order valence-corrected chi connectivity index (χ4v) is 4.44. The molecule has 1 N–H and O–H groups in total. The van der Waals surface area contributed by atoms with Crippen molar-refractivity contribution in [1.29, 1.82) is 0 Å². The summed E-state index contributed by atoms with van der Waals surface area (Å²) in [5, 5.41) is 12.3. The van der Waals surface area contributed by atoms with E-state index in [4.69, 9.17) is 27.6 Å². The molecule has 1 aromatic heterocycles. The summed E-state index contributed by atoms with van der Waals surface area (Å²) in [6.45, 7) is 0. The molecule has 0 aliphatic carbocycles. The van der Waals surface area contributed by atoms with Gasteiger partial charge in [-0.15, -0.1) is 22.0 Å². The maximum atomic E-state index is 12.4. The predicted molar refractivity (Wildman–Crippen MR) is 126 cm³/mol. The molecule has 0 radical (unpaired) electrons. The van der Waals surface area contributed by atoms with Gasteiger partial charge in [0.25, 0.3) is 0 Å². The van der Waals surface area contributed by atoms with Crippen LogP contribution in [0.15, 0.2) is 77.2 Å². The summed E-state index contributed by atoms with van der Waals surface area (Å²) in [7, 11) is 0. The number of hydrogen-bond acceptors (Lipinski definition) is 5. The quantitative estimate of drug-likeness (QED) is 0.330. The zero-order valence-corrected chi connectivity index (χ0v) is 18.5. The van der Waals surface area contributed by atoms with E-state index in [1.807, 2.05) is 48.5 Å². The topological polar surface area (TPSA) is 68.0 Å². The molecule has 0 spiro atoms. The highest BCUT2D eigenvalue weighted by atomic mass is 35.5. The number of amides is 1. The number of hydrogen-bond donors (Lipinski definition) is 1. The van der Waals surface area contributed by atoms with Crippen molar-refractivity contribution in [3.8, 4) is 22.9 Å². The minimum Gasteiger partial charge on any atom is -0.416 e. The van der Waals surface area contributed by atoms with E-state index in [9.17, 15) is 4.79 Å². The molecule has 4 aromatic rings. The van der Waals surface area contributed by atoms with Gasteiger partial charge < -0.3 is 9.73 Å². The maximum absolute atomic E-state index is 12.4. The average Bonchev–Trinajstić information content (AvgIpc) is 3.27. The second kappa shape index (κ2) is 10.0. The molecule has 1 heterocycles. The first kappa shape index (κ1) is 21.4. The summed E-state index contributed by atoms with van der Waals surface area (Å²) in [5.41, 5.74) is 3.05. The van der Waals surface area contributed by atoms with Crippen molar-refractivity contribution in [2.24, 2.45) is 0 Å². The van der Waals surface area contributed by atoms with Crippen LogP contribution in [0.4, 0.5) is 5.69 Å². The van der Waals surface area contributed by atoms with Crippen molar-refractivity contribution in [3.05, 3.63) is 88.4 Å². The van der Waals surface area contributed by atoms with Crippen LogP contribution in [0.1, 0.15) is 5.56 Å². The fraction of sp³-hybridized carbons (Fsp3) is 0.0870. The molecule has 5 nitrogen and oxygen atoms in total. The van der Waals surface area contributed by atoms with Crippen molar-refractivity contribution in [2.75, 3.05) is 11.1 Å². The van der Waals surface area contributed by atoms with Gasteiger partial charge in [0, 0.05) is 32.6 Å². The number of carbonyl (C=O) groups excluding carboxylic acids is 1. The summed E-state index contributed by atoms with van der Waals surface area (Å²) in [4.78, 5) is 12.4. The lowest BCUT2D eigenvalue weighted by Gasteiger charge is -2.08. The van der Waals surface area contributed by atoms with E-state index in [1.54, 1.807) is 24.3 Å². The van der Waals surface area contributed by atoms with Crippen LogP contribution in [0.5, 0.6) is 0 Å². The Morgan fingerprint density at radius 2 is 1.52 bits per heavy atom. The van der Waals surface area contributed by atoms with Crippen molar-refractivity contribution in [3.63, 3.8) is 0 Å². The van der Waals surface area contributed by atoms with Crippen LogP contribution in [0, 0.1) is 0 Å². The van der Waals surface area contributed by atoms with Gasteiger partial charge in [-0.05, 0) is 48.0 Å². The Bertz CT molecular complexity index is 1180. The molecular formula is C23H17Cl2N3O2S. The normalized spacial score (nSPS) is 10.8. The second-order valence-corrected chi connectivity index (χ2v) is 8.40. The van der Waals surface area contributed by atoms with Crippen LogP contribution in [0.3, 0.4) is 0 Å². The molecule has 0 bridgehead atoms. The van der Waals surface area contributed by atoms with Crippen molar-refractivity contribution in [1.82, 2.24) is 10.2 Å². The van der Waals surface area contributed by atoms with E-state index >= 15 is 0 Å². The van der Waals surface area contributed by atoms with Crippen LogP contribution < -0.4 is 5.32 Å². The van der Waals surface area contributed by atoms with Gasteiger partial charge in [-0.3, -0.25) is 4.79 Å². The predicted octanol–water partition coefficient (Wildman–Crippen LogP) is 6.58. The van der Waals surface area contributed by atoms with Gasteiger partial charge >= 0.3 is 0 Å². The first-order chi connectivity index (χ1) is 15.1. The van der Waals surface area contributed by atoms with Gasteiger partial charge in [0.05, 0.1) is 5.75 Å². The van der Waals surface area contributed by atoms with E-state index in [0.29, 0.717) is 33.3 Å². The zero-order chi connectivity index (χ0) is 21.6. The Balaban J connectivity index is 1.37. The highest BCUT2D eigenvalue weighted by Gasteiger charge is 2.12. The van der Waals surface area contributed by atoms with Crippen molar-refractivity contribution >= 4 is 46.6 Å². The second-order valence-electron chi connectivity index (χ2n) is 6.60. The molecule has 0 aliphatic rings. The van der Waals surface area contributed by atoms with Crippen LogP contribution in [0.2, 0.25) is 10.0 Å². The zero-order valence-electron chi connectivity index (χ0n) is 16.2. The fourth-order valence-electron chi connectivity index (χ4n) is 2.88. The largest absolute Gasteiger partial charge is 0.416 e. The molecule has 156 valence electrons. The molecule has 3 aromatic carbocycles. The third-order valence-electron chi connectivity index (χ3n) is 4.38. The number of nitrogens with one attached hydrogen (secondary N) is 1. The SMILES string of the molecule is O=C(CSCc1c(Cl)cccc1Cl)Nc1cccc(-c2nnc(-c3ccccc3)o2)c1. The lowest BCUT2D eigenvalue weighted by atomic mass is 10.2. The molecule has 0 atom stereocenters. The van der Waals surface area contributed by atoms with Gasteiger partial charge in [0.2, 0.25) is 17.7 Å². The van der Waals surface area contributed by atoms with E-state index in [0.717, 1.165) is 16.7 Å². The molecule has 8 heteroatoms. The molecule has 1 amide bonds. The van der Waals surface area contributed by atoms with Gasteiger partial charge in [-0.2, -0.15) is 0 Å². The number of nitrogens with zero attached hydrogens (tertiary/aromatic N) is 2. The highest BCUT2D eigenvalue weighted by Crippen LogP contribution is 2.29. The van der Waals surface area contributed by atoms with Crippen molar-refractivity contribution < 1.29 is 9.21 Å². The Kier molecular flexibility index (Phi) is 6.92. The molecule has 31 heavy (non-hydrogen) atoms. The Hall–Kier alpha value is -2.80. The lowest BCUT2D eigenvalue weighted by molar-refractivity contribution is -0.113. The molecular weight excluding hydrogens is 453 g/mol. The molecule has 0 unspecified atom stereocenters. The molecule has 0 aliphatic heterocycles. The molecule has 4 rings (SSSR count). The van der Waals surface area contributed by atoms with Crippen LogP contribution in [-0.4, -0.2) is 21.9 Å². The van der Waals surface area contributed by atoms with E-state index in [-0.39, 0.29) is 11.7 Å². The van der Waals surface area contributed by atoms with Gasteiger partial charge in [-0.25, -0.2) is 0 Å². The summed E-state index contributed by atoms with van der Waals surface area (Å²) >= 11 is 13.8. The van der Waals surface area contributed by atoms with Crippen LogP contribution >= 0.6 is 35.0 Å². The number of thioether (sulfide) groups is 1. The minimum absolute atomic E-state index is 0.124. The highest BCUT2D eigenvalue weighted by molar-refractivity contribution is 7.99. The van der Waals surface area contributed by atoms with Crippen LogP contribution in [0.25, 0.3) is 22.9 Å². The first-order valence-corrected chi connectivity index (χ1v) is 11.3. The molecule has 0 fully saturated rings. The van der Waals surface area contributed by atoms with E-state index < -0.39 is 0 Å². The number of carbonyl (C=O) groups is 1. The first-order valence-electron chi connectivity index (χ1n) is 9.40. The van der Waals surface area contributed by atoms with Crippen molar-refractivity contribution in [2.45, 2.75) is 5.75 Å². The van der Waals surface area contributed by atoms with E-state index in [2.05, 4.69) is 15.5 Å². The molecule has 0 saturated heterocycles. The standard InChI is InChI=1S/C23H17Cl2N3O2S/c24-19-10-5-11-20(25)18(19)13-31-14-21(29)26-17-9-4-8-16(12-17)23-28-27-22(30-23)15-6-2-1-3-7-15/h1-12H,13-14H2,(H,26,29). The summed E-state index contributed by atoms with van der Waals surface area (Å²) in [5.74, 6) is 1.53.